The van der Waals surface area contributed by atoms with E-state index in [0.29, 0.717) is 6.54 Å². The molecule has 0 fully saturated rings. The minimum absolute atomic E-state index is 0.189. The van der Waals surface area contributed by atoms with Crippen LogP contribution in [0.25, 0.3) is 0 Å². The molecule has 0 aliphatic heterocycles. The van der Waals surface area contributed by atoms with E-state index in [1.165, 1.54) is 11.8 Å². The van der Waals surface area contributed by atoms with Gasteiger partial charge in [0.25, 0.3) is 0 Å². The number of urea groups is 1. The second-order valence-corrected chi connectivity index (χ2v) is 4.46. The van der Waals surface area contributed by atoms with Gasteiger partial charge < -0.3 is 11.5 Å². The maximum atomic E-state index is 11.1. The van der Waals surface area contributed by atoms with Crippen molar-refractivity contribution in [1.29, 1.82) is 0 Å². The molecule has 6 heteroatoms. The van der Waals surface area contributed by atoms with Gasteiger partial charge in [-0.05, 0) is 6.92 Å². The van der Waals surface area contributed by atoms with E-state index in [9.17, 15) is 9.59 Å². The van der Waals surface area contributed by atoms with Crippen LogP contribution in [0, 0.1) is 0 Å². The van der Waals surface area contributed by atoms with Crippen LogP contribution >= 0.6 is 11.8 Å². The van der Waals surface area contributed by atoms with Crippen LogP contribution in [0.1, 0.15) is 13.8 Å². The summed E-state index contributed by atoms with van der Waals surface area (Å²) >= 11 is 1.40. The van der Waals surface area contributed by atoms with Crippen molar-refractivity contribution in [1.82, 2.24) is 5.32 Å². The second kappa shape index (κ2) is 5.82. The molecular formula is C7H15N3O2S. The maximum Gasteiger partial charge on any atom is 0.318 e. The molecule has 0 saturated carbocycles. The van der Waals surface area contributed by atoms with Gasteiger partial charge in [-0.2, -0.15) is 0 Å². The van der Waals surface area contributed by atoms with Gasteiger partial charge in [-0.3, -0.25) is 10.1 Å². The molecule has 0 bridgehead atoms. The molecule has 0 spiro atoms. The van der Waals surface area contributed by atoms with Gasteiger partial charge in [0.05, 0.1) is 5.25 Å². The number of nitrogens with two attached hydrogens (primary N) is 2. The number of nitrogens with one attached hydrogen (secondary N) is 1. The minimum Gasteiger partial charge on any atom is -0.351 e. The lowest BCUT2D eigenvalue weighted by Crippen LogP contribution is -2.40. The Morgan fingerprint density at radius 3 is 2.38 bits per heavy atom. The Morgan fingerprint density at radius 2 is 2.00 bits per heavy atom. The predicted molar refractivity (Wildman–Crippen MR) is 53.3 cm³/mol. The predicted octanol–water partition coefficient (Wildman–Crippen LogP) is -0.350. The Labute approximate surface area is 81.6 Å². The number of amides is 3. The Bertz CT molecular complexity index is 198. The lowest BCUT2D eigenvalue weighted by molar-refractivity contribution is -0.119. The average Bonchev–Trinajstić information content (AvgIpc) is 2.02. The first-order chi connectivity index (χ1) is 5.97. The summed E-state index contributed by atoms with van der Waals surface area (Å²) in [5.74, 6) is -0.377. The summed E-state index contributed by atoms with van der Waals surface area (Å²) in [4.78, 5) is 21.5. The van der Waals surface area contributed by atoms with Gasteiger partial charge in [0.15, 0.2) is 0 Å². The van der Waals surface area contributed by atoms with Crippen LogP contribution in [0.4, 0.5) is 4.79 Å². The third kappa shape index (κ3) is 5.48. The van der Waals surface area contributed by atoms with E-state index >= 15 is 0 Å². The second-order valence-electron chi connectivity index (χ2n) is 2.68. The molecule has 0 aliphatic rings. The third-order valence-electron chi connectivity index (χ3n) is 1.38. The van der Waals surface area contributed by atoms with Gasteiger partial charge in [0.1, 0.15) is 0 Å². The molecule has 13 heavy (non-hydrogen) atoms. The van der Waals surface area contributed by atoms with Crippen LogP contribution in [-0.2, 0) is 4.79 Å². The van der Waals surface area contributed by atoms with Crippen molar-refractivity contribution >= 4 is 23.7 Å². The van der Waals surface area contributed by atoms with Crippen molar-refractivity contribution in [3.63, 3.8) is 0 Å². The molecule has 0 aromatic carbocycles. The van der Waals surface area contributed by atoms with Gasteiger partial charge in [0, 0.05) is 11.8 Å². The van der Waals surface area contributed by atoms with Crippen LogP contribution in [0.3, 0.4) is 0 Å². The van der Waals surface area contributed by atoms with E-state index < -0.39 is 6.03 Å². The van der Waals surface area contributed by atoms with E-state index in [-0.39, 0.29) is 16.4 Å². The smallest absolute Gasteiger partial charge is 0.318 e. The fraction of sp³-hybridized carbons (Fsp3) is 0.714. The van der Waals surface area contributed by atoms with E-state index in [1.807, 2.05) is 12.2 Å². The molecule has 0 rings (SSSR count). The lowest BCUT2D eigenvalue weighted by atomic mass is 10.4. The number of hydrogen-bond acceptors (Lipinski definition) is 4. The molecule has 0 saturated heterocycles. The van der Waals surface area contributed by atoms with Crippen LogP contribution < -0.4 is 16.8 Å². The van der Waals surface area contributed by atoms with Gasteiger partial charge in [-0.1, -0.05) is 6.92 Å². The molecule has 2 atom stereocenters. The average molecular weight is 205 g/mol. The van der Waals surface area contributed by atoms with E-state index in [4.69, 9.17) is 11.5 Å². The van der Waals surface area contributed by atoms with Crippen LogP contribution in [0.5, 0.6) is 0 Å². The van der Waals surface area contributed by atoms with E-state index in [2.05, 4.69) is 0 Å². The number of thioether (sulfide) groups is 1. The number of rotatable bonds is 4. The van der Waals surface area contributed by atoms with Crippen LogP contribution in [0.15, 0.2) is 0 Å². The zero-order valence-electron chi connectivity index (χ0n) is 7.74. The molecule has 0 aliphatic carbocycles. The first kappa shape index (κ1) is 12.2. The van der Waals surface area contributed by atoms with Crippen LogP contribution in [-0.4, -0.2) is 29.0 Å². The topological polar surface area (TPSA) is 98.2 Å². The Morgan fingerprint density at radius 1 is 1.46 bits per heavy atom. The Kier molecular flexibility index (Phi) is 5.48. The largest absolute Gasteiger partial charge is 0.351 e. The third-order valence-corrected chi connectivity index (χ3v) is 2.66. The van der Waals surface area contributed by atoms with Crippen molar-refractivity contribution < 1.29 is 9.59 Å². The molecule has 5 N–H and O–H groups in total. The molecule has 0 heterocycles. The highest BCUT2D eigenvalue weighted by atomic mass is 32.2. The summed E-state index contributed by atoms with van der Waals surface area (Å²) in [6.07, 6.45) is 0. The van der Waals surface area contributed by atoms with Gasteiger partial charge in [-0.25, -0.2) is 4.79 Å². The number of imide groups is 1. The van der Waals surface area contributed by atoms with E-state index in [0.717, 1.165) is 0 Å². The van der Waals surface area contributed by atoms with Crippen LogP contribution in [0.2, 0.25) is 0 Å². The fourth-order valence-electron chi connectivity index (χ4n) is 0.689. The molecule has 0 aromatic heterocycles. The van der Waals surface area contributed by atoms with Crippen molar-refractivity contribution in [3.8, 4) is 0 Å². The minimum atomic E-state index is -0.821. The number of carbonyl (C=O) groups is 2. The fourth-order valence-corrected chi connectivity index (χ4v) is 1.68. The zero-order chi connectivity index (χ0) is 10.4. The van der Waals surface area contributed by atoms with Crippen molar-refractivity contribution in [2.45, 2.75) is 24.3 Å². The molecule has 0 aromatic rings. The Hall–Kier alpha value is -0.750. The molecule has 0 radical (unpaired) electrons. The summed E-state index contributed by atoms with van der Waals surface area (Å²) in [5.41, 5.74) is 10.2. The first-order valence-electron chi connectivity index (χ1n) is 3.93. The normalized spacial score (nSPS) is 14.7. The summed E-state index contributed by atoms with van der Waals surface area (Å²) in [6.45, 7) is 4.12. The lowest BCUT2D eigenvalue weighted by Gasteiger charge is -2.13. The Balaban J connectivity index is 3.89. The highest BCUT2D eigenvalue weighted by molar-refractivity contribution is 8.01. The van der Waals surface area contributed by atoms with Gasteiger partial charge in [-0.15, -0.1) is 11.8 Å². The molecular weight excluding hydrogens is 190 g/mol. The van der Waals surface area contributed by atoms with E-state index in [1.54, 1.807) is 6.92 Å². The molecule has 5 nitrogen and oxygen atoms in total. The molecule has 2 unspecified atom stereocenters. The van der Waals surface area contributed by atoms with Crippen molar-refractivity contribution in [2.75, 3.05) is 6.54 Å². The number of hydrogen-bond donors (Lipinski definition) is 3. The summed E-state index contributed by atoms with van der Waals surface area (Å²) < 4.78 is 0. The molecule has 3 amide bonds. The van der Waals surface area contributed by atoms with Crippen molar-refractivity contribution in [2.24, 2.45) is 11.5 Å². The summed E-state index contributed by atoms with van der Waals surface area (Å²) in [7, 11) is 0. The quantitative estimate of drug-likeness (QED) is 0.584. The molecule has 76 valence electrons. The van der Waals surface area contributed by atoms with Crippen molar-refractivity contribution in [3.05, 3.63) is 0 Å². The maximum absolute atomic E-state index is 11.1. The standard InChI is InChI=1S/C7H15N3O2S/c1-4(3-8)13-5(2)6(11)10-7(9)12/h4-5H,3,8H2,1-2H3,(H3,9,10,11,12). The highest BCUT2D eigenvalue weighted by Gasteiger charge is 2.16. The summed E-state index contributed by atoms with van der Waals surface area (Å²) in [6, 6.07) is -0.821. The zero-order valence-corrected chi connectivity index (χ0v) is 8.56. The van der Waals surface area contributed by atoms with Gasteiger partial charge in [0.2, 0.25) is 5.91 Å². The summed E-state index contributed by atoms with van der Waals surface area (Å²) in [5, 5.41) is 1.88. The SMILES string of the molecule is CC(CN)SC(C)C(=O)NC(N)=O. The highest BCUT2D eigenvalue weighted by Crippen LogP contribution is 2.16. The van der Waals surface area contributed by atoms with Gasteiger partial charge >= 0.3 is 6.03 Å². The number of carbonyl (C=O) groups excluding carboxylic acids is 2. The first-order valence-corrected chi connectivity index (χ1v) is 4.87. The monoisotopic (exact) mass is 205 g/mol. The number of primary amides is 1.